The van der Waals surface area contributed by atoms with Crippen LogP contribution in [0.3, 0.4) is 0 Å². The van der Waals surface area contributed by atoms with E-state index >= 15 is 0 Å². The Hall–Kier alpha value is -1.07. The lowest BCUT2D eigenvalue weighted by Crippen LogP contribution is -2.21. The van der Waals surface area contributed by atoms with Gasteiger partial charge in [0.15, 0.2) is 0 Å². The van der Waals surface area contributed by atoms with Gasteiger partial charge in [0.05, 0.1) is 4.92 Å². The lowest BCUT2D eigenvalue weighted by molar-refractivity contribution is -0.384. The Morgan fingerprint density at radius 1 is 1.44 bits per heavy atom. The zero-order valence-electron chi connectivity index (χ0n) is 9.47. The van der Waals surface area contributed by atoms with Crippen molar-refractivity contribution < 1.29 is 4.92 Å². The molecule has 0 radical (unpaired) electrons. The Balaban J connectivity index is 2.40. The van der Waals surface area contributed by atoms with Crippen LogP contribution < -0.4 is 5.32 Å². The molecule has 0 heterocycles. The summed E-state index contributed by atoms with van der Waals surface area (Å²) >= 11 is 1.81. The Kier molecular flexibility index (Phi) is 5.28. The van der Waals surface area contributed by atoms with Gasteiger partial charge in [-0.2, -0.15) is 11.8 Å². The van der Waals surface area contributed by atoms with Crippen LogP contribution in [-0.2, 0) is 6.54 Å². The lowest BCUT2D eigenvalue weighted by atomic mass is 10.2. The minimum absolute atomic E-state index is 0.140. The van der Waals surface area contributed by atoms with Crippen LogP contribution in [0.15, 0.2) is 24.3 Å². The maximum atomic E-state index is 10.4. The monoisotopic (exact) mass is 240 g/mol. The summed E-state index contributed by atoms with van der Waals surface area (Å²) in [5.41, 5.74) is 1.21. The molecule has 0 amide bonds. The highest BCUT2D eigenvalue weighted by Crippen LogP contribution is 2.11. The Morgan fingerprint density at radius 3 is 2.56 bits per heavy atom. The fourth-order valence-corrected chi connectivity index (χ4v) is 1.52. The van der Waals surface area contributed by atoms with E-state index < -0.39 is 0 Å². The average Bonchev–Trinajstić information content (AvgIpc) is 2.29. The molecule has 0 aromatic heterocycles. The van der Waals surface area contributed by atoms with Crippen molar-refractivity contribution in [3.05, 3.63) is 39.9 Å². The molecule has 0 spiro atoms. The number of nitro benzene ring substituents is 1. The third-order valence-electron chi connectivity index (χ3n) is 2.31. The number of benzene rings is 1. The summed E-state index contributed by atoms with van der Waals surface area (Å²) in [6.07, 6.45) is 2.08. The van der Waals surface area contributed by atoms with E-state index in [0.717, 1.165) is 18.7 Å². The molecule has 0 fully saturated rings. The van der Waals surface area contributed by atoms with Crippen molar-refractivity contribution in [2.24, 2.45) is 0 Å². The van der Waals surface area contributed by atoms with Crippen LogP contribution in [0.5, 0.6) is 0 Å². The van der Waals surface area contributed by atoms with Crippen molar-refractivity contribution >= 4 is 17.4 Å². The van der Waals surface area contributed by atoms with Gasteiger partial charge in [-0.15, -0.1) is 0 Å². The second-order valence-electron chi connectivity index (χ2n) is 3.60. The summed E-state index contributed by atoms with van der Waals surface area (Å²) < 4.78 is 0. The van der Waals surface area contributed by atoms with Gasteiger partial charge >= 0.3 is 0 Å². The van der Waals surface area contributed by atoms with Crippen molar-refractivity contribution in [3.63, 3.8) is 0 Å². The molecular weight excluding hydrogens is 224 g/mol. The molecule has 0 aliphatic rings. The minimum Gasteiger partial charge on any atom is -0.312 e. The number of nitrogens with zero attached hydrogens (tertiary/aromatic N) is 1. The highest BCUT2D eigenvalue weighted by molar-refractivity contribution is 7.99. The standard InChI is InChI=1S/C11H16N2O2S/c1-9(16-2)7-12-8-10-3-5-11(6-4-10)13(14)15/h3-6,9,12H,7-8H2,1-2H3. The van der Waals surface area contributed by atoms with Crippen molar-refractivity contribution in [1.29, 1.82) is 0 Å². The number of thioether (sulfide) groups is 1. The molecule has 1 aromatic rings. The predicted octanol–water partition coefficient (Wildman–Crippen LogP) is 2.44. The Labute approximate surface area is 99.6 Å². The molecule has 1 rings (SSSR count). The van der Waals surface area contributed by atoms with Gasteiger partial charge in [0.25, 0.3) is 5.69 Å². The normalized spacial score (nSPS) is 12.4. The molecular formula is C11H16N2O2S. The molecule has 4 nitrogen and oxygen atoms in total. The van der Waals surface area contributed by atoms with Gasteiger partial charge in [-0.05, 0) is 11.8 Å². The number of non-ortho nitro benzene ring substituents is 1. The van der Waals surface area contributed by atoms with Gasteiger partial charge in [0, 0.05) is 30.5 Å². The topological polar surface area (TPSA) is 55.2 Å². The molecule has 5 heteroatoms. The Bertz CT molecular complexity index is 340. The number of nitrogens with one attached hydrogen (secondary N) is 1. The van der Waals surface area contributed by atoms with Crippen molar-refractivity contribution in [2.45, 2.75) is 18.7 Å². The third-order valence-corrected chi connectivity index (χ3v) is 3.28. The summed E-state index contributed by atoms with van der Waals surface area (Å²) in [6, 6.07) is 6.65. The van der Waals surface area contributed by atoms with Gasteiger partial charge in [-0.25, -0.2) is 0 Å². The fourth-order valence-electron chi connectivity index (χ4n) is 1.24. The maximum Gasteiger partial charge on any atom is 0.269 e. The molecule has 0 saturated carbocycles. The van der Waals surface area contributed by atoms with Crippen molar-refractivity contribution in [3.8, 4) is 0 Å². The minimum atomic E-state index is -0.382. The third kappa shape index (κ3) is 4.20. The second-order valence-corrected chi connectivity index (χ2v) is 4.88. The summed E-state index contributed by atoms with van der Waals surface area (Å²) in [4.78, 5) is 10.1. The number of hydrogen-bond donors (Lipinski definition) is 1. The van der Waals surface area contributed by atoms with Crippen LogP contribution in [0.25, 0.3) is 0 Å². The zero-order chi connectivity index (χ0) is 12.0. The summed E-state index contributed by atoms with van der Waals surface area (Å²) in [5.74, 6) is 0. The van der Waals surface area contributed by atoms with Crippen LogP contribution in [0.1, 0.15) is 12.5 Å². The molecule has 16 heavy (non-hydrogen) atoms. The molecule has 1 N–H and O–H groups in total. The SMILES string of the molecule is CSC(C)CNCc1ccc([N+](=O)[O-])cc1. The fraction of sp³-hybridized carbons (Fsp3) is 0.455. The van der Waals surface area contributed by atoms with Gasteiger partial charge in [-0.3, -0.25) is 10.1 Å². The molecule has 88 valence electrons. The van der Waals surface area contributed by atoms with E-state index in [1.165, 1.54) is 12.1 Å². The van der Waals surface area contributed by atoms with Gasteiger partial charge in [0.2, 0.25) is 0 Å². The largest absolute Gasteiger partial charge is 0.312 e. The van der Waals surface area contributed by atoms with E-state index in [-0.39, 0.29) is 10.6 Å². The van der Waals surface area contributed by atoms with Crippen LogP contribution in [-0.4, -0.2) is 23.0 Å². The van der Waals surface area contributed by atoms with Crippen LogP contribution in [0.4, 0.5) is 5.69 Å². The van der Waals surface area contributed by atoms with E-state index in [1.54, 1.807) is 12.1 Å². The number of nitro groups is 1. The van der Waals surface area contributed by atoms with Crippen LogP contribution in [0.2, 0.25) is 0 Å². The average molecular weight is 240 g/mol. The number of hydrogen-bond acceptors (Lipinski definition) is 4. The number of rotatable bonds is 6. The first kappa shape index (κ1) is 13.0. The molecule has 1 aromatic carbocycles. The van der Waals surface area contributed by atoms with E-state index in [2.05, 4.69) is 18.5 Å². The van der Waals surface area contributed by atoms with Gasteiger partial charge < -0.3 is 5.32 Å². The zero-order valence-corrected chi connectivity index (χ0v) is 10.3. The summed E-state index contributed by atoms with van der Waals surface area (Å²) in [7, 11) is 0. The smallest absolute Gasteiger partial charge is 0.269 e. The maximum absolute atomic E-state index is 10.4. The molecule has 0 saturated heterocycles. The van der Waals surface area contributed by atoms with Crippen LogP contribution in [0, 0.1) is 10.1 Å². The van der Waals surface area contributed by atoms with Crippen molar-refractivity contribution in [1.82, 2.24) is 5.32 Å². The summed E-state index contributed by atoms with van der Waals surface area (Å²) in [6.45, 7) is 3.86. The van der Waals surface area contributed by atoms with E-state index in [4.69, 9.17) is 0 Å². The summed E-state index contributed by atoms with van der Waals surface area (Å²) in [5, 5.41) is 14.3. The molecule has 1 atom stereocenters. The van der Waals surface area contributed by atoms with E-state index in [1.807, 2.05) is 11.8 Å². The quantitative estimate of drug-likeness (QED) is 0.613. The molecule has 0 aliphatic carbocycles. The first-order chi connectivity index (χ1) is 7.63. The molecule has 1 unspecified atom stereocenters. The van der Waals surface area contributed by atoms with Gasteiger partial charge in [0.1, 0.15) is 0 Å². The molecule has 0 bridgehead atoms. The van der Waals surface area contributed by atoms with Crippen molar-refractivity contribution in [2.75, 3.05) is 12.8 Å². The molecule has 0 aliphatic heterocycles. The van der Waals surface area contributed by atoms with E-state index in [0.29, 0.717) is 5.25 Å². The first-order valence-electron chi connectivity index (χ1n) is 5.10. The first-order valence-corrected chi connectivity index (χ1v) is 6.39. The Morgan fingerprint density at radius 2 is 2.06 bits per heavy atom. The highest BCUT2D eigenvalue weighted by Gasteiger charge is 2.04. The lowest BCUT2D eigenvalue weighted by Gasteiger charge is -2.09. The predicted molar refractivity (Wildman–Crippen MR) is 67.8 cm³/mol. The van der Waals surface area contributed by atoms with Crippen LogP contribution >= 0.6 is 11.8 Å². The second kappa shape index (κ2) is 6.50. The van der Waals surface area contributed by atoms with E-state index in [9.17, 15) is 10.1 Å². The van der Waals surface area contributed by atoms with Gasteiger partial charge in [-0.1, -0.05) is 19.1 Å². The highest BCUT2D eigenvalue weighted by atomic mass is 32.2.